The van der Waals surface area contributed by atoms with Crippen molar-refractivity contribution in [2.45, 2.75) is 17.7 Å². The van der Waals surface area contributed by atoms with Crippen LogP contribution in [-0.2, 0) is 10.0 Å². The van der Waals surface area contributed by atoms with E-state index in [9.17, 15) is 8.42 Å². The molecule has 3 N–H and O–H groups in total. The molecule has 1 aromatic rings. The molecule has 0 aliphatic carbocycles. The predicted octanol–water partition coefficient (Wildman–Crippen LogP) is -0.608. The Kier molecular flexibility index (Phi) is 4.92. The molecule has 0 aromatic carbocycles. The summed E-state index contributed by atoms with van der Waals surface area (Å²) < 4.78 is 26.2. The van der Waals surface area contributed by atoms with Crippen molar-refractivity contribution in [1.82, 2.24) is 19.8 Å². The van der Waals surface area contributed by atoms with Crippen LogP contribution in [0.25, 0.3) is 0 Å². The lowest BCUT2D eigenvalue weighted by molar-refractivity contribution is 0.122. The van der Waals surface area contributed by atoms with E-state index in [1.807, 2.05) is 0 Å². The highest BCUT2D eigenvalue weighted by Crippen LogP contribution is 2.15. The Labute approximate surface area is 113 Å². The number of hydrogen-bond donors (Lipinski definition) is 3. The van der Waals surface area contributed by atoms with Gasteiger partial charge in [0, 0.05) is 32.4 Å². The molecule has 1 aliphatic heterocycles. The molecule has 1 aliphatic rings. The van der Waals surface area contributed by atoms with Gasteiger partial charge in [-0.15, -0.1) is 0 Å². The van der Waals surface area contributed by atoms with Crippen LogP contribution >= 0.6 is 0 Å². The van der Waals surface area contributed by atoms with E-state index in [-0.39, 0.29) is 11.5 Å². The first-order valence-electron chi connectivity index (χ1n) is 6.43. The SMILES string of the molecule is O=S(=O)(NCCN1CCC[C@@H](CO)C1)c1cn[nH]c1. The molecule has 8 heteroatoms. The lowest BCUT2D eigenvalue weighted by Gasteiger charge is -2.31. The molecule has 7 nitrogen and oxygen atoms in total. The van der Waals surface area contributed by atoms with Gasteiger partial charge in [-0.2, -0.15) is 5.10 Å². The largest absolute Gasteiger partial charge is 0.396 e. The Morgan fingerprint density at radius 2 is 2.42 bits per heavy atom. The molecule has 0 amide bonds. The summed E-state index contributed by atoms with van der Waals surface area (Å²) in [5, 5.41) is 15.2. The van der Waals surface area contributed by atoms with E-state index >= 15 is 0 Å². The Balaban J connectivity index is 1.77. The van der Waals surface area contributed by atoms with E-state index in [1.165, 1.54) is 12.4 Å². The zero-order valence-electron chi connectivity index (χ0n) is 10.7. The van der Waals surface area contributed by atoms with E-state index in [0.29, 0.717) is 19.0 Å². The molecule has 1 atom stereocenters. The maximum absolute atomic E-state index is 11.8. The number of hydrogen-bond acceptors (Lipinski definition) is 5. The summed E-state index contributed by atoms with van der Waals surface area (Å²) in [6.45, 7) is 3.03. The van der Waals surface area contributed by atoms with Gasteiger partial charge in [0.15, 0.2) is 0 Å². The number of nitrogens with one attached hydrogen (secondary N) is 2. The molecule has 0 spiro atoms. The summed E-state index contributed by atoms with van der Waals surface area (Å²) in [5.41, 5.74) is 0. The van der Waals surface area contributed by atoms with Crippen molar-refractivity contribution >= 4 is 10.0 Å². The number of aliphatic hydroxyl groups is 1. The minimum atomic E-state index is -3.46. The van der Waals surface area contributed by atoms with Crippen molar-refractivity contribution in [2.24, 2.45) is 5.92 Å². The lowest BCUT2D eigenvalue weighted by Crippen LogP contribution is -2.41. The van der Waals surface area contributed by atoms with E-state index in [4.69, 9.17) is 5.11 Å². The second-order valence-corrected chi connectivity index (χ2v) is 6.59. The summed E-state index contributed by atoms with van der Waals surface area (Å²) in [6.07, 6.45) is 4.74. The van der Waals surface area contributed by atoms with E-state index < -0.39 is 10.0 Å². The van der Waals surface area contributed by atoms with Crippen LogP contribution in [0.1, 0.15) is 12.8 Å². The smallest absolute Gasteiger partial charge is 0.243 e. The van der Waals surface area contributed by atoms with Crippen molar-refractivity contribution in [3.63, 3.8) is 0 Å². The third-order valence-corrected chi connectivity index (χ3v) is 4.79. The molecular formula is C11H20N4O3S. The van der Waals surface area contributed by atoms with E-state index in [1.54, 1.807) is 0 Å². The Morgan fingerprint density at radius 3 is 3.11 bits per heavy atom. The van der Waals surface area contributed by atoms with Crippen LogP contribution in [0.5, 0.6) is 0 Å². The highest BCUT2D eigenvalue weighted by atomic mass is 32.2. The third-order valence-electron chi connectivity index (χ3n) is 3.36. The molecule has 0 radical (unpaired) electrons. The number of nitrogens with zero attached hydrogens (tertiary/aromatic N) is 2. The maximum Gasteiger partial charge on any atom is 0.243 e. The summed E-state index contributed by atoms with van der Waals surface area (Å²) >= 11 is 0. The van der Waals surface area contributed by atoms with Gasteiger partial charge in [0.25, 0.3) is 0 Å². The number of piperidine rings is 1. The summed E-state index contributed by atoms with van der Waals surface area (Å²) in [4.78, 5) is 2.34. The summed E-state index contributed by atoms with van der Waals surface area (Å²) in [6, 6.07) is 0. The Hall–Kier alpha value is -0.960. The molecule has 1 saturated heterocycles. The minimum Gasteiger partial charge on any atom is -0.396 e. The standard InChI is InChI=1S/C11H20N4O3S/c16-9-10-2-1-4-15(8-10)5-3-14-19(17,18)11-6-12-13-7-11/h6-7,10,14,16H,1-5,8-9H2,(H,12,13)/t10-/m1/s1. The van der Waals surface area contributed by atoms with Gasteiger partial charge in [-0.05, 0) is 25.3 Å². The molecule has 0 unspecified atom stereocenters. The maximum atomic E-state index is 11.8. The minimum absolute atomic E-state index is 0.152. The molecule has 19 heavy (non-hydrogen) atoms. The fourth-order valence-electron chi connectivity index (χ4n) is 2.31. The van der Waals surface area contributed by atoms with Gasteiger partial charge in [-0.1, -0.05) is 0 Å². The van der Waals surface area contributed by atoms with Gasteiger partial charge in [-0.25, -0.2) is 13.1 Å². The molecule has 1 fully saturated rings. The molecule has 2 heterocycles. The molecule has 108 valence electrons. The number of aromatic nitrogens is 2. The third kappa shape index (κ3) is 4.00. The molecule has 0 saturated carbocycles. The van der Waals surface area contributed by atoms with E-state index in [0.717, 1.165) is 25.9 Å². The predicted molar refractivity (Wildman–Crippen MR) is 70.0 cm³/mol. The summed E-state index contributed by atoms with van der Waals surface area (Å²) in [5.74, 6) is 0.319. The lowest BCUT2D eigenvalue weighted by atomic mass is 9.99. The summed E-state index contributed by atoms with van der Waals surface area (Å²) in [7, 11) is -3.46. The normalized spacial score (nSPS) is 21.6. The van der Waals surface area contributed by atoms with Crippen molar-refractivity contribution in [3.05, 3.63) is 12.4 Å². The first-order chi connectivity index (χ1) is 9.12. The zero-order valence-corrected chi connectivity index (χ0v) is 11.6. The van der Waals surface area contributed by atoms with Crippen molar-refractivity contribution in [2.75, 3.05) is 32.8 Å². The second-order valence-electron chi connectivity index (χ2n) is 4.82. The van der Waals surface area contributed by atoms with Crippen LogP contribution in [0.2, 0.25) is 0 Å². The number of aromatic amines is 1. The van der Waals surface area contributed by atoms with Crippen LogP contribution in [0.3, 0.4) is 0 Å². The van der Waals surface area contributed by atoms with Crippen molar-refractivity contribution < 1.29 is 13.5 Å². The fraction of sp³-hybridized carbons (Fsp3) is 0.727. The van der Waals surface area contributed by atoms with Gasteiger partial charge in [0.05, 0.1) is 6.20 Å². The quantitative estimate of drug-likeness (QED) is 0.649. The van der Waals surface area contributed by atoms with Crippen LogP contribution in [-0.4, -0.2) is 61.4 Å². The Morgan fingerprint density at radius 1 is 1.58 bits per heavy atom. The first-order valence-corrected chi connectivity index (χ1v) is 7.92. The number of H-pyrrole nitrogens is 1. The number of sulfonamides is 1. The second kappa shape index (κ2) is 6.47. The number of aliphatic hydroxyl groups excluding tert-OH is 1. The van der Waals surface area contributed by atoms with Crippen molar-refractivity contribution in [3.8, 4) is 0 Å². The highest BCUT2D eigenvalue weighted by Gasteiger charge is 2.20. The zero-order chi connectivity index (χ0) is 13.7. The molecular weight excluding hydrogens is 268 g/mol. The van der Waals surface area contributed by atoms with Gasteiger partial charge in [-0.3, -0.25) is 5.10 Å². The van der Waals surface area contributed by atoms with Crippen LogP contribution < -0.4 is 4.72 Å². The van der Waals surface area contributed by atoms with Gasteiger partial charge in [0.2, 0.25) is 10.0 Å². The van der Waals surface area contributed by atoms with Crippen molar-refractivity contribution in [1.29, 1.82) is 0 Å². The van der Waals surface area contributed by atoms with Gasteiger partial charge in [0.1, 0.15) is 4.90 Å². The fourth-order valence-corrected chi connectivity index (χ4v) is 3.24. The number of likely N-dealkylation sites (tertiary alicyclic amines) is 1. The highest BCUT2D eigenvalue weighted by molar-refractivity contribution is 7.89. The first kappa shape index (κ1) is 14.4. The van der Waals surface area contributed by atoms with Crippen LogP contribution in [0.15, 0.2) is 17.3 Å². The average molecular weight is 288 g/mol. The Bertz CT molecular complexity index is 474. The van der Waals surface area contributed by atoms with Gasteiger partial charge < -0.3 is 10.0 Å². The van der Waals surface area contributed by atoms with Crippen LogP contribution in [0, 0.1) is 5.92 Å². The molecule has 0 bridgehead atoms. The molecule has 1 aromatic heterocycles. The van der Waals surface area contributed by atoms with Gasteiger partial charge >= 0.3 is 0 Å². The van der Waals surface area contributed by atoms with Crippen LogP contribution in [0.4, 0.5) is 0 Å². The molecule has 2 rings (SSSR count). The van der Waals surface area contributed by atoms with E-state index in [2.05, 4.69) is 19.8 Å². The topological polar surface area (TPSA) is 98.3 Å². The average Bonchev–Trinajstić information content (AvgIpc) is 2.93. The number of rotatable bonds is 6. The monoisotopic (exact) mass is 288 g/mol.